The van der Waals surface area contributed by atoms with Gasteiger partial charge in [-0.25, -0.2) is 4.79 Å². The Morgan fingerprint density at radius 2 is 1.94 bits per heavy atom. The van der Waals surface area contributed by atoms with Crippen LogP contribution in [-0.4, -0.2) is 32.3 Å². The van der Waals surface area contributed by atoms with Gasteiger partial charge in [-0.1, -0.05) is 12.1 Å². The number of nitrogens with zero attached hydrogens (tertiary/aromatic N) is 1. The second-order valence-corrected chi connectivity index (χ2v) is 4.51. The van der Waals surface area contributed by atoms with Crippen molar-refractivity contribution in [2.45, 2.75) is 26.3 Å². The van der Waals surface area contributed by atoms with E-state index < -0.39 is 5.54 Å². The van der Waals surface area contributed by atoms with E-state index in [4.69, 9.17) is 9.47 Å². The van der Waals surface area contributed by atoms with E-state index in [1.807, 2.05) is 50.1 Å². The predicted molar refractivity (Wildman–Crippen MR) is 72.1 cm³/mol. The molecule has 1 aromatic rings. The number of methoxy groups -OCH3 is 1. The van der Waals surface area contributed by atoms with Gasteiger partial charge in [-0.2, -0.15) is 0 Å². The summed E-state index contributed by atoms with van der Waals surface area (Å²) in [6.45, 7) is 5.84. The van der Waals surface area contributed by atoms with Crippen LogP contribution in [0, 0.1) is 0 Å². The van der Waals surface area contributed by atoms with Crippen LogP contribution < -0.4 is 9.64 Å². The van der Waals surface area contributed by atoms with Gasteiger partial charge in [-0.3, -0.25) is 0 Å². The Balaban J connectivity index is 3.05. The van der Waals surface area contributed by atoms with Crippen LogP contribution in [0.2, 0.25) is 0 Å². The predicted octanol–water partition coefficient (Wildman–Crippen LogP) is 2.47. The number of likely N-dealkylation sites (N-methyl/N-ethyl adjacent to an activating group) is 1. The summed E-state index contributed by atoms with van der Waals surface area (Å²) in [7, 11) is 3.47. The lowest BCUT2D eigenvalue weighted by atomic mass is 10.0. The number of carbonyl (C=O) groups excluding carboxylic acids is 1. The molecule has 4 nitrogen and oxygen atoms in total. The van der Waals surface area contributed by atoms with E-state index in [2.05, 4.69) is 0 Å². The van der Waals surface area contributed by atoms with Crippen molar-refractivity contribution in [3.05, 3.63) is 24.3 Å². The van der Waals surface area contributed by atoms with Crippen LogP contribution >= 0.6 is 0 Å². The average Bonchev–Trinajstić information content (AvgIpc) is 2.38. The van der Waals surface area contributed by atoms with Gasteiger partial charge >= 0.3 is 5.97 Å². The largest absolute Gasteiger partial charge is 0.495 e. The smallest absolute Gasteiger partial charge is 0.331 e. The third-order valence-corrected chi connectivity index (χ3v) is 3.06. The van der Waals surface area contributed by atoms with Crippen molar-refractivity contribution in [3.8, 4) is 5.75 Å². The molecule has 0 saturated heterocycles. The van der Waals surface area contributed by atoms with Gasteiger partial charge in [0.15, 0.2) is 0 Å². The summed E-state index contributed by atoms with van der Waals surface area (Å²) in [5.41, 5.74) is 0.114. The Kier molecular flexibility index (Phi) is 4.59. The minimum absolute atomic E-state index is 0.251. The van der Waals surface area contributed by atoms with Crippen molar-refractivity contribution in [1.29, 1.82) is 0 Å². The number of carbonyl (C=O) groups is 1. The van der Waals surface area contributed by atoms with Crippen LogP contribution in [0.5, 0.6) is 5.75 Å². The molecule has 0 aliphatic heterocycles. The van der Waals surface area contributed by atoms with E-state index in [1.54, 1.807) is 14.0 Å². The number of esters is 1. The molecule has 0 fully saturated rings. The van der Waals surface area contributed by atoms with E-state index in [0.29, 0.717) is 6.61 Å². The molecule has 0 aromatic heterocycles. The first kappa shape index (κ1) is 14.4. The lowest BCUT2D eigenvalue weighted by molar-refractivity contribution is -0.148. The summed E-state index contributed by atoms with van der Waals surface area (Å²) in [5.74, 6) is 0.482. The zero-order chi connectivity index (χ0) is 13.8. The Bertz CT molecular complexity index is 415. The maximum atomic E-state index is 12.0. The van der Waals surface area contributed by atoms with Gasteiger partial charge < -0.3 is 14.4 Å². The van der Waals surface area contributed by atoms with Gasteiger partial charge in [0, 0.05) is 7.05 Å². The highest BCUT2D eigenvalue weighted by molar-refractivity contribution is 5.85. The second-order valence-electron chi connectivity index (χ2n) is 4.51. The number of para-hydroxylation sites is 2. The normalized spacial score (nSPS) is 10.9. The maximum absolute atomic E-state index is 12.0. The fourth-order valence-corrected chi connectivity index (χ4v) is 1.65. The molecule has 0 radical (unpaired) electrons. The van der Waals surface area contributed by atoms with Crippen molar-refractivity contribution >= 4 is 11.7 Å². The maximum Gasteiger partial charge on any atom is 0.331 e. The SMILES string of the molecule is CCOC(=O)C(C)(C)N(C)c1ccccc1OC. The minimum Gasteiger partial charge on any atom is -0.495 e. The number of hydrogen-bond donors (Lipinski definition) is 0. The monoisotopic (exact) mass is 251 g/mol. The highest BCUT2D eigenvalue weighted by Crippen LogP contribution is 2.31. The van der Waals surface area contributed by atoms with Gasteiger partial charge in [-0.15, -0.1) is 0 Å². The fraction of sp³-hybridized carbons (Fsp3) is 0.500. The minimum atomic E-state index is -0.745. The molecule has 0 unspecified atom stereocenters. The number of benzene rings is 1. The quantitative estimate of drug-likeness (QED) is 0.754. The molecule has 4 heteroatoms. The van der Waals surface area contributed by atoms with Crippen molar-refractivity contribution in [3.63, 3.8) is 0 Å². The first-order valence-electron chi connectivity index (χ1n) is 5.99. The summed E-state index contributed by atoms with van der Waals surface area (Å²) in [6, 6.07) is 7.59. The van der Waals surface area contributed by atoms with Crippen LogP contribution in [0.1, 0.15) is 20.8 Å². The number of hydrogen-bond acceptors (Lipinski definition) is 4. The molecule has 18 heavy (non-hydrogen) atoms. The molecule has 1 rings (SSSR count). The topological polar surface area (TPSA) is 38.8 Å². The van der Waals surface area contributed by atoms with Crippen molar-refractivity contribution in [2.75, 3.05) is 25.7 Å². The summed E-state index contributed by atoms with van der Waals surface area (Å²) in [6.07, 6.45) is 0. The van der Waals surface area contributed by atoms with Crippen LogP contribution in [0.25, 0.3) is 0 Å². The first-order chi connectivity index (χ1) is 8.45. The van der Waals surface area contributed by atoms with E-state index in [1.165, 1.54) is 0 Å². The van der Waals surface area contributed by atoms with Gasteiger partial charge in [0.05, 0.1) is 19.4 Å². The molecular weight excluding hydrogens is 230 g/mol. The molecule has 0 heterocycles. The highest BCUT2D eigenvalue weighted by atomic mass is 16.5. The van der Waals surface area contributed by atoms with Crippen molar-refractivity contribution < 1.29 is 14.3 Å². The zero-order valence-electron chi connectivity index (χ0n) is 11.7. The Morgan fingerprint density at radius 1 is 1.33 bits per heavy atom. The lowest BCUT2D eigenvalue weighted by Crippen LogP contribution is -2.49. The molecule has 0 aliphatic carbocycles. The Labute approximate surface area is 108 Å². The molecule has 0 N–H and O–H groups in total. The number of anilines is 1. The summed E-state index contributed by atoms with van der Waals surface area (Å²) in [4.78, 5) is 13.8. The molecule has 0 atom stereocenters. The molecular formula is C14H21NO3. The average molecular weight is 251 g/mol. The van der Waals surface area contributed by atoms with Crippen LogP contribution in [0.4, 0.5) is 5.69 Å². The Morgan fingerprint density at radius 3 is 2.50 bits per heavy atom. The third-order valence-electron chi connectivity index (χ3n) is 3.06. The van der Waals surface area contributed by atoms with Crippen LogP contribution in [0.15, 0.2) is 24.3 Å². The highest BCUT2D eigenvalue weighted by Gasteiger charge is 2.35. The van der Waals surface area contributed by atoms with Crippen LogP contribution in [0.3, 0.4) is 0 Å². The molecule has 0 spiro atoms. The zero-order valence-corrected chi connectivity index (χ0v) is 11.7. The summed E-state index contributed by atoms with van der Waals surface area (Å²) in [5, 5.41) is 0. The van der Waals surface area contributed by atoms with Gasteiger partial charge in [0.1, 0.15) is 11.3 Å². The molecule has 0 aliphatic rings. The lowest BCUT2D eigenvalue weighted by Gasteiger charge is -2.35. The number of ether oxygens (including phenoxy) is 2. The molecule has 0 bridgehead atoms. The molecule has 0 saturated carbocycles. The molecule has 100 valence electrons. The van der Waals surface area contributed by atoms with Crippen LogP contribution in [-0.2, 0) is 9.53 Å². The molecule has 1 aromatic carbocycles. The summed E-state index contributed by atoms with van der Waals surface area (Å²) >= 11 is 0. The standard InChI is InChI=1S/C14H21NO3/c1-6-18-13(16)14(2,3)15(4)11-9-7-8-10-12(11)17-5/h7-10H,6H2,1-5H3. The van der Waals surface area contributed by atoms with Crippen molar-refractivity contribution in [1.82, 2.24) is 0 Å². The van der Waals surface area contributed by atoms with E-state index in [-0.39, 0.29) is 5.97 Å². The summed E-state index contributed by atoms with van der Waals surface area (Å²) < 4.78 is 10.4. The van der Waals surface area contributed by atoms with Crippen molar-refractivity contribution in [2.24, 2.45) is 0 Å². The van der Waals surface area contributed by atoms with Gasteiger partial charge in [0.2, 0.25) is 0 Å². The fourth-order valence-electron chi connectivity index (χ4n) is 1.65. The third kappa shape index (κ3) is 2.75. The van der Waals surface area contributed by atoms with Gasteiger partial charge in [-0.05, 0) is 32.9 Å². The van der Waals surface area contributed by atoms with E-state index in [0.717, 1.165) is 11.4 Å². The molecule has 0 amide bonds. The second kappa shape index (κ2) is 5.76. The van der Waals surface area contributed by atoms with E-state index >= 15 is 0 Å². The Hall–Kier alpha value is -1.71. The number of rotatable bonds is 5. The first-order valence-corrected chi connectivity index (χ1v) is 5.99. The van der Waals surface area contributed by atoms with E-state index in [9.17, 15) is 4.79 Å². The van der Waals surface area contributed by atoms with Gasteiger partial charge in [0.25, 0.3) is 0 Å².